The van der Waals surface area contributed by atoms with Crippen molar-refractivity contribution in [2.75, 3.05) is 12.3 Å². The first kappa shape index (κ1) is 19.7. The molecule has 10 heteroatoms. The maximum Gasteiger partial charge on any atom is 0.266 e. The molecule has 1 atom stereocenters. The Hall–Kier alpha value is -2.04. The topological polar surface area (TPSA) is 83.6 Å². The molecule has 0 aliphatic carbocycles. The SMILES string of the molecule is O=C(CCN1C(=O)C(=Cc2ccc(F)cc2)SC1=S)NC1C=CS(=O)(=O)C1. The molecule has 1 fully saturated rings. The second-order valence-corrected chi connectivity index (χ2v) is 9.57. The molecule has 1 unspecified atom stereocenters. The van der Waals surface area contributed by atoms with Crippen LogP contribution in [0.2, 0.25) is 0 Å². The van der Waals surface area contributed by atoms with E-state index in [-0.39, 0.29) is 36.4 Å². The van der Waals surface area contributed by atoms with Gasteiger partial charge in [0.2, 0.25) is 5.91 Å². The standard InChI is InChI=1S/C17H15FN2O4S3/c18-12-3-1-11(2-4-12)9-14-16(22)20(17(25)26-14)7-5-15(21)19-13-6-8-27(23,24)10-13/h1-4,6,8-9,13H,5,7,10H2,(H,19,21). The molecule has 0 spiro atoms. The van der Waals surface area contributed by atoms with E-state index in [9.17, 15) is 22.4 Å². The Labute approximate surface area is 165 Å². The molecule has 2 heterocycles. The average Bonchev–Trinajstić information content (AvgIpc) is 3.07. The Kier molecular flexibility index (Phi) is 5.78. The third-order valence-corrected chi connectivity index (χ3v) is 6.65. The molecule has 0 bridgehead atoms. The van der Waals surface area contributed by atoms with Crippen LogP contribution >= 0.6 is 24.0 Å². The maximum atomic E-state index is 13.0. The minimum atomic E-state index is -3.24. The van der Waals surface area contributed by atoms with Gasteiger partial charge in [-0.25, -0.2) is 12.8 Å². The lowest BCUT2D eigenvalue weighted by Gasteiger charge is -2.15. The number of nitrogens with zero attached hydrogens (tertiary/aromatic N) is 1. The molecular formula is C17H15FN2O4S3. The first-order valence-electron chi connectivity index (χ1n) is 7.95. The van der Waals surface area contributed by atoms with Crippen LogP contribution in [0.15, 0.2) is 40.7 Å². The molecule has 1 aromatic carbocycles. The summed E-state index contributed by atoms with van der Waals surface area (Å²) in [5, 5.41) is 3.68. The summed E-state index contributed by atoms with van der Waals surface area (Å²) >= 11 is 6.32. The third kappa shape index (κ3) is 5.02. The van der Waals surface area contributed by atoms with Crippen molar-refractivity contribution in [1.82, 2.24) is 10.2 Å². The second kappa shape index (κ2) is 7.91. The van der Waals surface area contributed by atoms with Gasteiger partial charge in [0, 0.05) is 18.4 Å². The monoisotopic (exact) mass is 426 g/mol. The lowest BCUT2D eigenvalue weighted by molar-refractivity contribution is -0.124. The number of nitrogens with one attached hydrogen (secondary N) is 1. The number of amides is 2. The molecule has 2 aliphatic heterocycles. The molecule has 0 aromatic heterocycles. The summed E-state index contributed by atoms with van der Waals surface area (Å²) in [7, 11) is -3.24. The number of halogens is 1. The van der Waals surface area contributed by atoms with Gasteiger partial charge in [0.15, 0.2) is 9.84 Å². The van der Waals surface area contributed by atoms with Crippen molar-refractivity contribution in [3.8, 4) is 0 Å². The van der Waals surface area contributed by atoms with Gasteiger partial charge < -0.3 is 5.32 Å². The minimum Gasteiger partial charge on any atom is -0.349 e. The summed E-state index contributed by atoms with van der Waals surface area (Å²) < 4.78 is 36.0. The number of rotatable bonds is 5. The molecule has 2 amide bonds. The van der Waals surface area contributed by atoms with Crippen LogP contribution in [-0.2, 0) is 19.4 Å². The van der Waals surface area contributed by atoms with E-state index in [0.29, 0.717) is 14.8 Å². The smallest absolute Gasteiger partial charge is 0.266 e. The van der Waals surface area contributed by atoms with Crippen LogP contribution in [0.5, 0.6) is 0 Å². The van der Waals surface area contributed by atoms with Crippen LogP contribution in [0.3, 0.4) is 0 Å². The fraction of sp³-hybridized carbons (Fsp3) is 0.235. The number of thiocarbonyl (C=S) groups is 1. The van der Waals surface area contributed by atoms with Gasteiger partial charge in [-0.15, -0.1) is 0 Å². The zero-order valence-electron chi connectivity index (χ0n) is 13.9. The first-order chi connectivity index (χ1) is 12.7. The van der Waals surface area contributed by atoms with E-state index < -0.39 is 15.9 Å². The van der Waals surface area contributed by atoms with Gasteiger partial charge in [-0.05, 0) is 29.8 Å². The van der Waals surface area contributed by atoms with E-state index in [1.54, 1.807) is 18.2 Å². The molecule has 27 heavy (non-hydrogen) atoms. The van der Waals surface area contributed by atoms with Gasteiger partial charge in [-0.2, -0.15) is 0 Å². The van der Waals surface area contributed by atoms with Gasteiger partial charge in [-0.1, -0.05) is 36.1 Å². The molecule has 0 radical (unpaired) electrons. The highest BCUT2D eigenvalue weighted by Crippen LogP contribution is 2.32. The van der Waals surface area contributed by atoms with Crippen molar-refractivity contribution in [3.63, 3.8) is 0 Å². The van der Waals surface area contributed by atoms with E-state index in [1.165, 1.54) is 23.1 Å². The van der Waals surface area contributed by atoms with Crippen molar-refractivity contribution in [2.45, 2.75) is 12.5 Å². The number of hydrogen-bond acceptors (Lipinski definition) is 6. The van der Waals surface area contributed by atoms with E-state index in [4.69, 9.17) is 12.2 Å². The number of sulfone groups is 1. The van der Waals surface area contributed by atoms with E-state index in [1.807, 2.05) is 0 Å². The number of carbonyl (C=O) groups excluding carboxylic acids is 2. The zero-order chi connectivity index (χ0) is 19.6. The van der Waals surface area contributed by atoms with Crippen LogP contribution < -0.4 is 5.32 Å². The Balaban J connectivity index is 1.57. The van der Waals surface area contributed by atoms with Crippen molar-refractivity contribution in [1.29, 1.82) is 0 Å². The van der Waals surface area contributed by atoms with Crippen LogP contribution in [0, 0.1) is 5.82 Å². The molecule has 1 N–H and O–H groups in total. The van der Waals surface area contributed by atoms with Crippen LogP contribution in [-0.4, -0.2) is 47.8 Å². The molecule has 1 saturated heterocycles. The summed E-state index contributed by atoms with van der Waals surface area (Å²) in [6, 6.07) is 5.16. The van der Waals surface area contributed by atoms with Gasteiger partial charge >= 0.3 is 0 Å². The molecule has 1 aromatic rings. The van der Waals surface area contributed by atoms with Crippen molar-refractivity contribution >= 4 is 56.0 Å². The fourth-order valence-corrected chi connectivity index (χ4v) is 5.10. The summed E-state index contributed by atoms with van der Waals surface area (Å²) in [4.78, 5) is 26.2. The third-order valence-electron chi connectivity index (χ3n) is 3.88. The highest BCUT2D eigenvalue weighted by molar-refractivity contribution is 8.26. The van der Waals surface area contributed by atoms with E-state index >= 15 is 0 Å². The zero-order valence-corrected chi connectivity index (χ0v) is 16.4. The minimum absolute atomic E-state index is 0.000651. The number of carbonyl (C=O) groups is 2. The molecule has 3 rings (SSSR count). The summed E-state index contributed by atoms with van der Waals surface area (Å²) in [5.74, 6) is -1.19. The quantitative estimate of drug-likeness (QED) is 0.572. The molecular weight excluding hydrogens is 411 g/mol. The predicted molar refractivity (Wildman–Crippen MR) is 106 cm³/mol. The van der Waals surface area contributed by atoms with Crippen LogP contribution in [0.4, 0.5) is 4.39 Å². The highest BCUT2D eigenvalue weighted by atomic mass is 32.2. The summed E-state index contributed by atoms with van der Waals surface area (Å²) in [5.41, 5.74) is 0.670. The van der Waals surface area contributed by atoms with Gasteiger partial charge in [0.05, 0.1) is 16.7 Å². The highest BCUT2D eigenvalue weighted by Gasteiger charge is 2.32. The maximum absolute atomic E-state index is 13.0. The Morgan fingerprint density at radius 2 is 2.07 bits per heavy atom. The van der Waals surface area contributed by atoms with Crippen LogP contribution in [0.1, 0.15) is 12.0 Å². The fourth-order valence-electron chi connectivity index (χ4n) is 2.56. The van der Waals surface area contributed by atoms with Crippen LogP contribution in [0.25, 0.3) is 6.08 Å². The summed E-state index contributed by atoms with van der Waals surface area (Å²) in [6.07, 6.45) is 3.05. The van der Waals surface area contributed by atoms with E-state index in [0.717, 1.165) is 17.2 Å². The normalized spacial score (nSPS) is 22.6. The number of hydrogen-bond donors (Lipinski definition) is 1. The average molecular weight is 427 g/mol. The number of benzene rings is 1. The van der Waals surface area contributed by atoms with Crippen molar-refractivity contribution < 1.29 is 22.4 Å². The largest absolute Gasteiger partial charge is 0.349 e. The molecule has 0 saturated carbocycles. The number of thioether (sulfide) groups is 1. The summed E-state index contributed by atoms with van der Waals surface area (Å²) in [6.45, 7) is 0.0977. The molecule has 142 valence electrons. The van der Waals surface area contributed by atoms with Gasteiger partial charge in [-0.3, -0.25) is 14.5 Å². The Bertz CT molecular complexity index is 955. The molecule has 2 aliphatic rings. The Morgan fingerprint density at radius 3 is 2.70 bits per heavy atom. The first-order valence-corrected chi connectivity index (χ1v) is 10.9. The predicted octanol–water partition coefficient (Wildman–Crippen LogP) is 1.84. The second-order valence-electron chi connectivity index (χ2n) is 5.97. The molecule has 6 nitrogen and oxygen atoms in total. The van der Waals surface area contributed by atoms with Gasteiger partial charge in [0.25, 0.3) is 5.91 Å². The van der Waals surface area contributed by atoms with Crippen molar-refractivity contribution in [3.05, 3.63) is 52.0 Å². The van der Waals surface area contributed by atoms with E-state index in [2.05, 4.69) is 5.32 Å². The van der Waals surface area contributed by atoms with Gasteiger partial charge in [0.1, 0.15) is 10.1 Å². The lowest BCUT2D eigenvalue weighted by atomic mass is 10.2. The Morgan fingerprint density at radius 1 is 1.37 bits per heavy atom. The lowest BCUT2D eigenvalue weighted by Crippen LogP contribution is -2.38. The van der Waals surface area contributed by atoms with Crippen molar-refractivity contribution in [2.24, 2.45) is 0 Å².